The topological polar surface area (TPSA) is 29.3 Å². The maximum Gasteiger partial charge on any atom is 0.0295 e. The van der Waals surface area contributed by atoms with E-state index in [0.717, 1.165) is 12.5 Å². The van der Waals surface area contributed by atoms with Crippen LogP contribution in [0.4, 0.5) is 0 Å². The summed E-state index contributed by atoms with van der Waals surface area (Å²) in [4.78, 5) is 2.55. The van der Waals surface area contributed by atoms with E-state index in [1.54, 1.807) is 0 Å². The van der Waals surface area contributed by atoms with E-state index in [9.17, 15) is 0 Å². The molecule has 1 unspecified atom stereocenters. The molecule has 2 rings (SSSR count). The smallest absolute Gasteiger partial charge is 0.0295 e. The molecule has 0 radical (unpaired) electrons. The molecule has 0 spiro atoms. The molecule has 0 saturated heterocycles. The molecule has 0 aromatic heterocycles. The van der Waals surface area contributed by atoms with E-state index in [4.69, 9.17) is 5.73 Å². The van der Waals surface area contributed by atoms with Gasteiger partial charge in [-0.25, -0.2) is 0 Å². The minimum absolute atomic E-state index is 0.195. The fourth-order valence-corrected chi connectivity index (χ4v) is 3.13. The van der Waals surface area contributed by atoms with Crippen molar-refractivity contribution in [2.24, 2.45) is 5.73 Å². The van der Waals surface area contributed by atoms with E-state index < -0.39 is 0 Å². The first-order chi connectivity index (χ1) is 9.27. The van der Waals surface area contributed by atoms with E-state index in [0.29, 0.717) is 0 Å². The Morgan fingerprint density at radius 1 is 1.16 bits per heavy atom. The Morgan fingerprint density at radius 3 is 2.53 bits per heavy atom. The number of hydrogen-bond donors (Lipinski definition) is 1. The van der Waals surface area contributed by atoms with Gasteiger partial charge < -0.3 is 10.6 Å². The largest absolute Gasteiger partial charge is 0.324 e. The number of nitrogens with zero attached hydrogens (tertiary/aromatic N) is 1. The standard InChI is InChI=1S/C17H28N2/c1-19(16-11-6-3-7-12-16)14-8-13-17(18)15-9-4-2-5-10-15/h2,4-5,9-10,16-17H,3,6-8,11-14,18H2,1H3. The molecule has 2 heteroatoms. The van der Waals surface area contributed by atoms with Gasteiger partial charge in [-0.15, -0.1) is 0 Å². The molecule has 19 heavy (non-hydrogen) atoms. The molecular formula is C17H28N2. The lowest BCUT2D eigenvalue weighted by Gasteiger charge is -2.31. The number of hydrogen-bond acceptors (Lipinski definition) is 2. The van der Waals surface area contributed by atoms with Gasteiger partial charge in [0.05, 0.1) is 0 Å². The number of rotatable bonds is 6. The molecule has 0 aliphatic heterocycles. The van der Waals surface area contributed by atoms with Gasteiger partial charge >= 0.3 is 0 Å². The highest BCUT2D eigenvalue weighted by atomic mass is 15.1. The third kappa shape index (κ3) is 4.63. The summed E-state index contributed by atoms with van der Waals surface area (Å²) in [5, 5.41) is 0. The van der Waals surface area contributed by atoms with Gasteiger partial charge in [-0.05, 0) is 44.8 Å². The van der Waals surface area contributed by atoms with Crippen LogP contribution >= 0.6 is 0 Å². The summed E-state index contributed by atoms with van der Waals surface area (Å²) in [6.07, 6.45) is 9.33. The highest BCUT2D eigenvalue weighted by molar-refractivity contribution is 5.18. The lowest BCUT2D eigenvalue weighted by Crippen LogP contribution is -2.34. The van der Waals surface area contributed by atoms with Gasteiger partial charge in [0, 0.05) is 12.1 Å². The Hall–Kier alpha value is -0.860. The van der Waals surface area contributed by atoms with Crippen LogP contribution in [0.25, 0.3) is 0 Å². The van der Waals surface area contributed by atoms with Gasteiger partial charge in [0.25, 0.3) is 0 Å². The molecule has 1 aromatic carbocycles. The van der Waals surface area contributed by atoms with E-state index in [1.165, 1.54) is 50.6 Å². The van der Waals surface area contributed by atoms with E-state index >= 15 is 0 Å². The molecule has 1 atom stereocenters. The van der Waals surface area contributed by atoms with E-state index in [1.807, 2.05) is 6.07 Å². The van der Waals surface area contributed by atoms with Crippen molar-refractivity contribution in [3.63, 3.8) is 0 Å². The van der Waals surface area contributed by atoms with Crippen molar-refractivity contribution in [1.82, 2.24) is 4.90 Å². The highest BCUT2D eigenvalue weighted by Crippen LogP contribution is 2.22. The summed E-state index contributed by atoms with van der Waals surface area (Å²) in [5.74, 6) is 0. The third-order valence-electron chi connectivity index (χ3n) is 4.45. The Kier molecular flexibility index (Phi) is 5.87. The molecule has 1 aliphatic rings. The van der Waals surface area contributed by atoms with Crippen LogP contribution in [0.5, 0.6) is 0 Å². The van der Waals surface area contributed by atoms with Crippen molar-refractivity contribution in [3.05, 3.63) is 35.9 Å². The van der Waals surface area contributed by atoms with Crippen LogP contribution in [0.1, 0.15) is 56.6 Å². The zero-order chi connectivity index (χ0) is 13.5. The van der Waals surface area contributed by atoms with Crippen molar-refractivity contribution in [3.8, 4) is 0 Å². The molecule has 0 amide bonds. The van der Waals surface area contributed by atoms with Crippen molar-refractivity contribution < 1.29 is 0 Å². The van der Waals surface area contributed by atoms with Crippen molar-refractivity contribution >= 4 is 0 Å². The van der Waals surface area contributed by atoms with E-state index in [-0.39, 0.29) is 6.04 Å². The van der Waals surface area contributed by atoms with Gasteiger partial charge in [-0.1, -0.05) is 49.6 Å². The first kappa shape index (κ1) is 14.5. The molecule has 2 N–H and O–H groups in total. The normalized spacial score (nSPS) is 18.7. The maximum atomic E-state index is 6.24. The van der Waals surface area contributed by atoms with Crippen LogP contribution in [0.2, 0.25) is 0 Å². The third-order valence-corrected chi connectivity index (χ3v) is 4.45. The van der Waals surface area contributed by atoms with Crippen molar-refractivity contribution in [2.75, 3.05) is 13.6 Å². The lowest BCUT2D eigenvalue weighted by molar-refractivity contribution is 0.187. The average molecular weight is 260 g/mol. The fourth-order valence-electron chi connectivity index (χ4n) is 3.13. The lowest BCUT2D eigenvalue weighted by atomic mass is 9.94. The van der Waals surface area contributed by atoms with Crippen LogP contribution in [-0.2, 0) is 0 Å². The molecular weight excluding hydrogens is 232 g/mol. The summed E-state index contributed by atoms with van der Waals surface area (Å²) < 4.78 is 0. The van der Waals surface area contributed by atoms with Crippen LogP contribution in [0, 0.1) is 0 Å². The molecule has 1 aliphatic carbocycles. The first-order valence-electron chi connectivity index (χ1n) is 7.78. The second-order valence-corrected chi connectivity index (χ2v) is 5.93. The molecule has 1 aromatic rings. The monoisotopic (exact) mass is 260 g/mol. The second-order valence-electron chi connectivity index (χ2n) is 5.93. The molecule has 1 saturated carbocycles. The van der Waals surface area contributed by atoms with Gasteiger partial charge in [0.1, 0.15) is 0 Å². The van der Waals surface area contributed by atoms with Crippen LogP contribution in [-0.4, -0.2) is 24.5 Å². The van der Waals surface area contributed by atoms with Crippen LogP contribution in [0.15, 0.2) is 30.3 Å². The zero-order valence-corrected chi connectivity index (χ0v) is 12.2. The molecule has 1 fully saturated rings. The summed E-state index contributed by atoms with van der Waals surface area (Å²) >= 11 is 0. The molecule has 2 nitrogen and oxygen atoms in total. The summed E-state index contributed by atoms with van der Waals surface area (Å²) in [6.45, 7) is 1.19. The highest BCUT2D eigenvalue weighted by Gasteiger charge is 2.17. The van der Waals surface area contributed by atoms with Crippen molar-refractivity contribution in [1.29, 1.82) is 0 Å². The summed E-state index contributed by atoms with van der Waals surface area (Å²) in [7, 11) is 2.28. The van der Waals surface area contributed by atoms with E-state index in [2.05, 4.69) is 36.2 Å². The Labute approximate surface area is 118 Å². The summed E-state index contributed by atoms with van der Waals surface area (Å²) in [5.41, 5.74) is 7.51. The Morgan fingerprint density at radius 2 is 1.84 bits per heavy atom. The van der Waals surface area contributed by atoms with Gasteiger partial charge in [-0.2, -0.15) is 0 Å². The van der Waals surface area contributed by atoms with Crippen LogP contribution in [0.3, 0.4) is 0 Å². The van der Waals surface area contributed by atoms with Gasteiger partial charge in [0.2, 0.25) is 0 Å². The fraction of sp³-hybridized carbons (Fsp3) is 0.647. The minimum Gasteiger partial charge on any atom is -0.324 e. The average Bonchev–Trinajstić information content (AvgIpc) is 2.49. The molecule has 106 valence electrons. The number of nitrogens with two attached hydrogens (primary N) is 1. The molecule has 0 heterocycles. The van der Waals surface area contributed by atoms with Crippen LogP contribution < -0.4 is 5.73 Å². The summed E-state index contributed by atoms with van der Waals surface area (Å²) in [6, 6.07) is 11.5. The maximum absolute atomic E-state index is 6.24. The number of benzene rings is 1. The second kappa shape index (κ2) is 7.66. The Balaban J connectivity index is 1.68. The predicted octanol–water partition coefficient (Wildman–Crippen LogP) is 3.73. The molecule has 0 bridgehead atoms. The quantitative estimate of drug-likeness (QED) is 0.844. The zero-order valence-electron chi connectivity index (χ0n) is 12.2. The Bertz CT molecular complexity index is 344. The minimum atomic E-state index is 0.195. The predicted molar refractivity (Wildman–Crippen MR) is 82.1 cm³/mol. The van der Waals surface area contributed by atoms with Crippen molar-refractivity contribution in [2.45, 2.75) is 57.0 Å². The first-order valence-corrected chi connectivity index (χ1v) is 7.78. The SMILES string of the molecule is CN(CCCC(N)c1ccccc1)C1CCCCC1. The van der Waals surface area contributed by atoms with Gasteiger partial charge in [0.15, 0.2) is 0 Å². The van der Waals surface area contributed by atoms with Gasteiger partial charge in [-0.3, -0.25) is 0 Å².